The molecule has 0 unspecified atom stereocenters. The van der Waals surface area contributed by atoms with Gasteiger partial charge < -0.3 is 0 Å². The molecule has 0 aliphatic heterocycles. The molecule has 0 heterocycles. The van der Waals surface area contributed by atoms with Gasteiger partial charge in [-0.05, 0) is 18.2 Å². The molecule has 2 nitrogen and oxygen atoms in total. The minimum Gasteiger partial charge on any atom is -0.299 e. The van der Waals surface area contributed by atoms with E-state index in [1.165, 1.54) is 0 Å². The summed E-state index contributed by atoms with van der Waals surface area (Å²) in [7, 11) is 1.64. The number of hydrogen-bond acceptors (Lipinski definition) is 2. The Hall–Kier alpha value is -0.890. The Balaban J connectivity index is 2.99. The van der Waals surface area contributed by atoms with Crippen LogP contribution in [-0.4, -0.2) is 18.5 Å². The summed E-state index contributed by atoms with van der Waals surface area (Å²) in [5, 5.41) is 7.94. The van der Waals surface area contributed by atoms with E-state index < -0.39 is 0 Å². The van der Waals surface area contributed by atoms with Gasteiger partial charge in [-0.25, -0.2) is 0 Å². The van der Waals surface area contributed by atoms with Gasteiger partial charge in [-0.2, -0.15) is 0 Å². The van der Waals surface area contributed by atoms with Crippen LogP contribution >= 0.6 is 11.6 Å². The first-order valence-corrected chi connectivity index (χ1v) is 3.23. The number of hydrogen-bond donors (Lipinski definition) is 1. The molecule has 0 fully saturated rings. The van der Waals surface area contributed by atoms with Crippen molar-refractivity contribution in [2.24, 2.45) is 4.99 Å². The van der Waals surface area contributed by atoms with Crippen molar-refractivity contribution in [2.45, 2.75) is 0 Å². The number of nitrogens with one attached hydrogen (secondary N) is 1. The molecular formula is C7H7ClN2. The fraction of sp³-hybridized carbons (Fsp3) is 0.143. The van der Waals surface area contributed by atoms with Gasteiger partial charge in [-0.1, -0.05) is 11.6 Å². The highest BCUT2D eigenvalue weighted by Crippen LogP contribution is 2.09. The first-order chi connectivity index (χ1) is 4.74. The summed E-state index contributed by atoms with van der Waals surface area (Å²) in [6.45, 7) is 0. The Morgan fingerprint density at radius 2 is 2.20 bits per heavy atom. The summed E-state index contributed by atoms with van der Waals surface area (Å²) in [6, 6.07) is 0. The highest BCUT2D eigenvalue weighted by atomic mass is 35.5. The molecule has 0 atom stereocenters. The molecule has 0 amide bonds. The van der Waals surface area contributed by atoms with E-state index in [-0.39, 0.29) is 0 Å². The fourth-order valence-electron chi connectivity index (χ4n) is 0.690. The van der Waals surface area contributed by atoms with Gasteiger partial charge in [0.15, 0.2) is 0 Å². The van der Waals surface area contributed by atoms with Crippen LogP contribution in [0, 0.1) is 5.41 Å². The fourth-order valence-corrected chi connectivity index (χ4v) is 0.856. The largest absolute Gasteiger partial charge is 0.299 e. The molecule has 0 spiro atoms. The van der Waals surface area contributed by atoms with Gasteiger partial charge in [-0.3, -0.25) is 10.4 Å². The summed E-state index contributed by atoms with van der Waals surface area (Å²) in [5.74, 6) is 0. The van der Waals surface area contributed by atoms with E-state index in [1.807, 2.05) is 0 Å². The third kappa shape index (κ3) is 1.33. The molecule has 0 radical (unpaired) electrons. The topological polar surface area (TPSA) is 36.2 Å². The zero-order chi connectivity index (χ0) is 7.56. The van der Waals surface area contributed by atoms with Crippen molar-refractivity contribution in [1.82, 2.24) is 0 Å². The van der Waals surface area contributed by atoms with Gasteiger partial charge in [-0.15, -0.1) is 0 Å². The van der Waals surface area contributed by atoms with Crippen LogP contribution < -0.4 is 0 Å². The number of aliphatic imine (C=N–C) groups is 1. The summed E-state index contributed by atoms with van der Waals surface area (Å²) in [4.78, 5) is 3.86. The van der Waals surface area contributed by atoms with E-state index in [1.54, 1.807) is 25.3 Å². The van der Waals surface area contributed by atoms with Crippen LogP contribution in [0.2, 0.25) is 0 Å². The van der Waals surface area contributed by atoms with Crippen molar-refractivity contribution in [3.63, 3.8) is 0 Å². The molecule has 1 N–H and O–H groups in total. The molecule has 0 bridgehead atoms. The van der Waals surface area contributed by atoms with Gasteiger partial charge >= 0.3 is 0 Å². The Labute approximate surface area is 64.4 Å². The second kappa shape index (κ2) is 2.80. The molecule has 1 rings (SSSR count). The minimum absolute atomic E-state index is 0.409. The van der Waals surface area contributed by atoms with E-state index in [0.717, 1.165) is 0 Å². The lowest BCUT2D eigenvalue weighted by molar-refractivity contribution is 1.44. The zero-order valence-corrected chi connectivity index (χ0v) is 6.31. The normalized spacial score (nSPS) is 21.6. The molecule has 0 aromatic heterocycles. The second-order valence-corrected chi connectivity index (χ2v) is 2.32. The molecule has 0 aromatic carbocycles. The summed E-state index contributed by atoms with van der Waals surface area (Å²) >= 11 is 5.65. The van der Waals surface area contributed by atoms with Crippen LogP contribution in [0.4, 0.5) is 0 Å². The van der Waals surface area contributed by atoms with E-state index in [4.69, 9.17) is 17.0 Å². The van der Waals surface area contributed by atoms with Crippen molar-refractivity contribution >= 4 is 23.0 Å². The number of allylic oxidation sites excluding steroid dienone is 4. The Kier molecular flexibility index (Phi) is 2.02. The lowest BCUT2D eigenvalue weighted by Gasteiger charge is -2.02. The molecule has 3 heteroatoms. The van der Waals surface area contributed by atoms with Crippen molar-refractivity contribution < 1.29 is 0 Å². The third-order valence-corrected chi connectivity index (χ3v) is 1.44. The standard InChI is InChI=1S/C7H7ClN2/c1-10-7-4-5(8)2-3-6(7)9/h2-4,9H,1H3/b9-6?,10-7-. The molecule has 0 saturated carbocycles. The van der Waals surface area contributed by atoms with Gasteiger partial charge in [0.1, 0.15) is 0 Å². The average Bonchev–Trinajstić information content (AvgIpc) is 1.94. The molecule has 0 aromatic rings. The predicted octanol–water partition coefficient (Wildman–Crippen LogP) is 1.77. The number of nitrogens with zero attached hydrogens (tertiary/aromatic N) is 1. The average molecular weight is 155 g/mol. The van der Waals surface area contributed by atoms with Gasteiger partial charge in [0, 0.05) is 12.1 Å². The molecule has 10 heavy (non-hydrogen) atoms. The van der Waals surface area contributed by atoms with Crippen molar-refractivity contribution in [3.05, 3.63) is 23.3 Å². The van der Waals surface area contributed by atoms with Crippen molar-refractivity contribution in [3.8, 4) is 0 Å². The first kappa shape index (κ1) is 7.22. The van der Waals surface area contributed by atoms with Crippen LogP contribution in [0.3, 0.4) is 0 Å². The van der Waals surface area contributed by atoms with E-state index in [2.05, 4.69) is 4.99 Å². The maximum absolute atomic E-state index is 7.32. The lowest BCUT2D eigenvalue weighted by Crippen LogP contribution is -2.10. The van der Waals surface area contributed by atoms with E-state index in [9.17, 15) is 0 Å². The highest BCUT2D eigenvalue weighted by molar-refractivity contribution is 6.52. The zero-order valence-electron chi connectivity index (χ0n) is 5.56. The molecule has 0 saturated heterocycles. The van der Waals surface area contributed by atoms with Crippen LogP contribution in [0.1, 0.15) is 0 Å². The highest BCUT2D eigenvalue weighted by Gasteiger charge is 2.04. The Morgan fingerprint density at radius 3 is 2.70 bits per heavy atom. The number of rotatable bonds is 0. The lowest BCUT2D eigenvalue weighted by atomic mass is 10.1. The summed E-state index contributed by atoms with van der Waals surface area (Å²) in [6.07, 6.45) is 4.98. The molecular weight excluding hydrogens is 148 g/mol. The van der Waals surface area contributed by atoms with Crippen LogP contribution in [-0.2, 0) is 0 Å². The van der Waals surface area contributed by atoms with Gasteiger partial charge in [0.25, 0.3) is 0 Å². The number of halogens is 1. The van der Waals surface area contributed by atoms with Gasteiger partial charge in [0.2, 0.25) is 0 Å². The summed E-state index contributed by atoms with van der Waals surface area (Å²) in [5.41, 5.74) is 1.04. The first-order valence-electron chi connectivity index (χ1n) is 2.85. The maximum atomic E-state index is 7.32. The molecule has 1 aliphatic carbocycles. The van der Waals surface area contributed by atoms with Crippen LogP contribution in [0.15, 0.2) is 28.3 Å². The smallest absolute Gasteiger partial charge is 0.0834 e. The quantitative estimate of drug-likeness (QED) is 0.517. The molecule has 1 aliphatic rings. The van der Waals surface area contributed by atoms with Crippen molar-refractivity contribution in [2.75, 3.05) is 7.05 Å². The predicted molar refractivity (Wildman–Crippen MR) is 44.2 cm³/mol. The maximum Gasteiger partial charge on any atom is 0.0834 e. The van der Waals surface area contributed by atoms with Crippen molar-refractivity contribution in [1.29, 1.82) is 5.41 Å². The van der Waals surface area contributed by atoms with Crippen LogP contribution in [0.25, 0.3) is 0 Å². The van der Waals surface area contributed by atoms with Gasteiger partial charge in [0.05, 0.1) is 11.4 Å². The summed E-state index contributed by atoms with van der Waals surface area (Å²) < 4.78 is 0. The Bertz CT molecular complexity index is 248. The second-order valence-electron chi connectivity index (χ2n) is 1.89. The third-order valence-electron chi connectivity index (χ3n) is 1.20. The van der Waals surface area contributed by atoms with E-state index >= 15 is 0 Å². The van der Waals surface area contributed by atoms with Crippen LogP contribution in [0.5, 0.6) is 0 Å². The Morgan fingerprint density at radius 1 is 1.50 bits per heavy atom. The SMILES string of the molecule is C/N=C1/C=C(Cl)C=CC1=N. The minimum atomic E-state index is 0.409. The van der Waals surface area contributed by atoms with E-state index in [0.29, 0.717) is 16.5 Å². The molecule has 52 valence electrons. The monoisotopic (exact) mass is 154 g/mol.